The number of unbranched alkanes of at least 4 members (excludes halogenated alkanes) is 8. The van der Waals surface area contributed by atoms with E-state index in [9.17, 15) is 4.79 Å². The molecule has 2 N–H and O–H groups in total. The molecule has 2 nitrogen and oxygen atoms in total. The van der Waals surface area contributed by atoms with Crippen LogP contribution < -0.4 is 5.73 Å². The molecule has 0 aliphatic rings. The van der Waals surface area contributed by atoms with Crippen molar-refractivity contribution in [3.05, 3.63) is 36.0 Å². The van der Waals surface area contributed by atoms with Gasteiger partial charge in [-0.3, -0.25) is 4.79 Å². The van der Waals surface area contributed by atoms with Gasteiger partial charge in [0.2, 0.25) is 5.91 Å². The van der Waals surface area contributed by atoms with Crippen molar-refractivity contribution < 1.29 is 4.79 Å². The van der Waals surface area contributed by atoms with Gasteiger partial charge in [-0.1, -0.05) is 76.8 Å². The van der Waals surface area contributed by atoms with Crippen LogP contribution in [-0.2, 0) is 4.79 Å². The van der Waals surface area contributed by atoms with Crippen molar-refractivity contribution in [3.63, 3.8) is 0 Å². The van der Waals surface area contributed by atoms with Crippen molar-refractivity contribution in [2.24, 2.45) is 11.7 Å². The fourth-order valence-electron chi connectivity index (χ4n) is 2.60. The SMILES string of the molecule is CCCCCC=CCCCCCCC=CC=C(CC(C)C)C(N)=O. The molecule has 0 atom stereocenters. The molecule has 24 heavy (non-hydrogen) atoms. The Morgan fingerprint density at radius 1 is 0.875 bits per heavy atom. The van der Waals surface area contributed by atoms with Crippen LogP contribution in [0.15, 0.2) is 36.0 Å². The first kappa shape index (κ1) is 22.7. The summed E-state index contributed by atoms with van der Waals surface area (Å²) in [7, 11) is 0. The molecule has 0 saturated carbocycles. The topological polar surface area (TPSA) is 43.1 Å². The van der Waals surface area contributed by atoms with Gasteiger partial charge >= 0.3 is 0 Å². The second kappa shape index (κ2) is 16.5. The second-order valence-corrected chi connectivity index (χ2v) is 7.04. The van der Waals surface area contributed by atoms with Gasteiger partial charge in [0, 0.05) is 5.57 Å². The average Bonchev–Trinajstić information content (AvgIpc) is 2.53. The third kappa shape index (κ3) is 15.6. The van der Waals surface area contributed by atoms with Crippen LogP contribution in [0.1, 0.15) is 91.4 Å². The lowest BCUT2D eigenvalue weighted by Gasteiger charge is -2.04. The van der Waals surface area contributed by atoms with E-state index in [0.717, 1.165) is 18.4 Å². The number of allylic oxidation sites excluding steroid dienone is 5. The molecule has 0 fully saturated rings. The summed E-state index contributed by atoms with van der Waals surface area (Å²) in [5.74, 6) is 0.161. The molecule has 0 spiro atoms. The van der Waals surface area contributed by atoms with E-state index in [-0.39, 0.29) is 5.91 Å². The van der Waals surface area contributed by atoms with Crippen LogP contribution in [0.4, 0.5) is 0 Å². The Hall–Kier alpha value is -1.31. The van der Waals surface area contributed by atoms with Gasteiger partial charge in [-0.25, -0.2) is 0 Å². The van der Waals surface area contributed by atoms with E-state index in [1.54, 1.807) is 0 Å². The van der Waals surface area contributed by atoms with E-state index >= 15 is 0 Å². The van der Waals surface area contributed by atoms with Crippen molar-refractivity contribution >= 4 is 5.91 Å². The van der Waals surface area contributed by atoms with E-state index in [1.807, 2.05) is 12.2 Å². The van der Waals surface area contributed by atoms with E-state index in [2.05, 4.69) is 39.0 Å². The van der Waals surface area contributed by atoms with Crippen LogP contribution in [-0.4, -0.2) is 5.91 Å². The van der Waals surface area contributed by atoms with Crippen LogP contribution in [0.5, 0.6) is 0 Å². The van der Waals surface area contributed by atoms with Gasteiger partial charge in [0.05, 0.1) is 0 Å². The summed E-state index contributed by atoms with van der Waals surface area (Å²) in [4.78, 5) is 11.3. The van der Waals surface area contributed by atoms with E-state index in [0.29, 0.717) is 5.92 Å². The van der Waals surface area contributed by atoms with E-state index in [1.165, 1.54) is 57.8 Å². The molecule has 0 bridgehead atoms. The number of carbonyl (C=O) groups excluding carboxylic acids is 1. The zero-order valence-corrected chi connectivity index (χ0v) is 16.2. The summed E-state index contributed by atoms with van der Waals surface area (Å²) in [6.45, 7) is 6.44. The Balaban J connectivity index is 3.63. The highest BCUT2D eigenvalue weighted by molar-refractivity contribution is 5.92. The molecule has 1 amide bonds. The molecule has 0 heterocycles. The maximum Gasteiger partial charge on any atom is 0.244 e. The number of nitrogens with two attached hydrogens (primary N) is 1. The normalized spacial score (nSPS) is 12.8. The minimum absolute atomic E-state index is 0.295. The van der Waals surface area contributed by atoms with Crippen molar-refractivity contribution in [2.75, 3.05) is 0 Å². The van der Waals surface area contributed by atoms with E-state index in [4.69, 9.17) is 5.73 Å². The number of hydrogen-bond donors (Lipinski definition) is 1. The van der Waals surface area contributed by atoms with Gasteiger partial charge in [0.25, 0.3) is 0 Å². The predicted molar refractivity (Wildman–Crippen MR) is 107 cm³/mol. The Bertz CT molecular complexity index is 391. The summed E-state index contributed by atoms with van der Waals surface area (Å²) < 4.78 is 0. The zero-order chi connectivity index (χ0) is 18.0. The zero-order valence-electron chi connectivity index (χ0n) is 16.2. The lowest BCUT2D eigenvalue weighted by molar-refractivity contribution is -0.114. The quantitative estimate of drug-likeness (QED) is 0.158. The summed E-state index contributed by atoms with van der Waals surface area (Å²) in [5, 5.41) is 0. The Kier molecular flexibility index (Phi) is 15.6. The Morgan fingerprint density at radius 2 is 1.42 bits per heavy atom. The van der Waals surface area contributed by atoms with Crippen molar-refractivity contribution in [2.45, 2.75) is 91.4 Å². The molecule has 2 heteroatoms. The summed E-state index contributed by atoms with van der Waals surface area (Å²) in [6.07, 6.45) is 24.1. The number of amides is 1. The standard InChI is InChI=1S/C22H39NO/c1-4-5-6-7-8-9-10-11-12-13-14-15-16-17-18-21(22(23)24)19-20(2)3/h8-9,16-18,20H,4-7,10-15,19H2,1-3H3,(H2,23,24). The van der Waals surface area contributed by atoms with Gasteiger partial charge in [-0.2, -0.15) is 0 Å². The summed E-state index contributed by atoms with van der Waals surface area (Å²) >= 11 is 0. The predicted octanol–water partition coefficient (Wildman–Crippen LogP) is 6.48. The molecule has 0 saturated heterocycles. The maximum absolute atomic E-state index is 11.3. The van der Waals surface area contributed by atoms with Crippen molar-refractivity contribution in [1.82, 2.24) is 0 Å². The first-order valence-corrected chi connectivity index (χ1v) is 9.88. The molecule has 0 aromatic carbocycles. The smallest absolute Gasteiger partial charge is 0.244 e. The fraction of sp³-hybridized carbons (Fsp3) is 0.682. The van der Waals surface area contributed by atoms with Crippen molar-refractivity contribution in [3.8, 4) is 0 Å². The van der Waals surface area contributed by atoms with E-state index < -0.39 is 0 Å². The second-order valence-electron chi connectivity index (χ2n) is 7.04. The number of primary amides is 1. The molecule has 0 radical (unpaired) electrons. The average molecular weight is 334 g/mol. The largest absolute Gasteiger partial charge is 0.366 e. The molecular formula is C22H39NO. The highest BCUT2D eigenvalue weighted by atomic mass is 16.1. The van der Waals surface area contributed by atoms with Crippen LogP contribution in [0, 0.1) is 5.92 Å². The van der Waals surface area contributed by atoms with Gasteiger partial charge in [0.15, 0.2) is 0 Å². The summed E-state index contributed by atoms with van der Waals surface area (Å²) in [6, 6.07) is 0. The van der Waals surface area contributed by atoms with Crippen LogP contribution >= 0.6 is 0 Å². The molecule has 0 aliphatic heterocycles. The number of rotatable bonds is 15. The Labute approximate surface area is 150 Å². The molecular weight excluding hydrogens is 294 g/mol. The van der Waals surface area contributed by atoms with Crippen LogP contribution in [0.3, 0.4) is 0 Å². The minimum Gasteiger partial charge on any atom is -0.366 e. The Morgan fingerprint density at radius 3 is 1.92 bits per heavy atom. The summed E-state index contributed by atoms with van der Waals surface area (Å²) in [5.41, 5.74) is 6.12. The highest BCUT2D eigenvalue weighted by Gasteiger charge is 2.05. The number of carbonyl (C=O) groups is 1. The lowest BCUT2D eigenvalue weighted by Crippen LogP contribution is -2.15. The van der Waals surface area contributed by atoms with Gasteiger partial charge in [-0.15, -0.1) is 0 Å². The monoisotopic (exact) mass is 333 g/mol. The van der Waals surface area contributed by atoms with Crippen LogP contribution in [0.25, 0.3) is 0 Å². The van der Waals surface area contributed by atoms with Gasteiger partial charge in [0.1, 0.15) is 0 Å². The van der Waals surface area contributed by atoms with Gasteiger partial charge in [-0.05, 0) is 50.9 Å². The minimum atomic E-state index is -0.295. The number of hydrogen-bond acceptors (Lipinski definition) is 1. The first-order valence-electron chi connectivity index (χ1n) is 9.88. The first-order chi connectivity index (χ1) is 11.6. The molecule has 0 aliphatic carbocycles. The molecule has 0 rings (SSSR count). The van der Waals surface area contributed by atoms with Gasteiger partial charge < -0.3 is 5.73 Å². The van der Waals surface area contributed by atoms with Crippen molar-refractivity contribution in [1.29, 1.82) is 0 Å². The molecule has 138 valence electrons. The van der Waals surface area contributed by atoms with Crippen LogP contribution in [0.2, 0.25) is 0 Å². The molecule has 0 aromatic heterocycles. The highest BCUT2D eigenvalue weighted by Crippen LogP contribution is 2.11. The molecule has 0 aromatic rings. The lowest BCUT2D eigenvalue weighted by atomic mass is 10.0. The third-order valence-electron chi connectivity index (χ3n) is 4.01. The third-order valence-corrected chi connectivity index (χ3v) is 4.01. The maximum atomic E-state index is 11.3. The molecule has 0 unspecified atom stereocenters. The fourth-order valence-corrected chi connectivity index (χ4v) is 2.60.